The predicted octanol–water partition coefficient (Wildman–Crippen LogP) is 8.87. The molecule has 0 bridgehead atoms. The van der Waals surface area contributed by atoms with Crippen molar-refractivity contribution in [2.45, 2.75) is 101 Å². The average molecular weight is 620 g/mol. The van der Waals surface area contributed by atoms with Crippen molar-refractivity contribution >= 4 is 37.6 Å². The third-order valence-electron chi connectivity index (χ3n) is 7.72. The molecule has 4 rings (SSSR count). The van der Waals surface area contributed by atoms with Crippen molar-refractivity contribution in [1.29, 1.82) is 0 Å². The highest BCUT2D eigenvalue weighted by Crippen LogP contribution is 2.44. The molecule has 3 aromatic rings. The van der Waals surface area contributed by atoms with Crippen LogP contribution in [0.4, 0.5) is 26.3 Å². The standard InChI is InChI=1S/C30H35F6NO4S/c1-28(2,3)41-27(38)18-9-6-5-7-11-20(12-8-10-18)37-24-14-13-19(29(31,32)33)15-21(24)22-16-23(30(34,35)36)26(17-25(22)37)42(4,39)40/h13-18,20H,5-12H2,1-4H3/t18?,20-/m1/s1. The number of halogens is 6. The van der Waals surface area contributed by atoms with Gasteiger partial charge in [0.2, 0.25) is 0 Å². The van der Waals surface area contributed by atoms with E-state index in [1.807, 2.05) is 0 Å². The van der Waals surface area contributed by atoms with Crippen LogP contribution in [0.25, 0.3) is 21.8 Å². The largest absolute Gasteiger partial charge is 0.460 e. The summed E-state index contributed by atoms with van der Waals surface area (Å²) in [6.07, 6.45) is -3.99. The van der Waals surface area contributed by atoms with Crippen LogP contribution in [0.5, 0.6) is 0 Å². The van der Waals surface area contributed by atoms with Crippen molar-refractivity contribution in [2.75, 3.05) is 6.26 Å². The number of carbonyl (C=O) groups is 1. The molecule has 0 saturated heterocycles. The fourth-order valence-electron chi connectivity index (χ4n) is 5.89. The van der Waals surface area contributed by atoms with E-state index in [9.17, 15) is 39.6 Å². The molecule has 1 saturated carbocycles. The quantitative estimate of drug-likeness (QED) is 0.217. The van der Waals surface area contributed by atoms with Crippen molar-refractivity contribution < 1.29 is 44.3 Å². The number of hydrogen-bond donors (Lipinski definition) is 0. The number of benzene rings is 2. The van der Waals surface area contributed by atoms with Gasteiger partial charge in [-0.3, -0.25) is 4.79 Å². The topological polar surface area (TPSA) is 65.4 Å². The molecule has 0 amide bonds. The van der Waals surface area contributed by atoms with Gasteiger partial charge in [-0.15, -0.1) is 0 Å². The summed E-state index contributed by atoms with van der Waals surface area (Å²) < 4.78 is 115. The molecule has 1 unspecified atom stereocenters. The molecule has 5 nitrogen and oxygen atoms in total. The van der Waals surface area contributed by atoms with Crippen molar-refractivity contribution in [2.24, 2.45) is 5.92 Å². The molecule has 232 valence electrons. The Bertz CT molecular complexity index is 1580. The maximum Gasteiger partial charge on any atom is 0.417 e. The second-order valence-corrected chi connectivity index (χ2v) is 14.2. The SMILES string of the molecule is CC(C)(C)OC(=O)C1CCCCC[C@@H](n2c3ccc(C(F)(F)F)cc3c3cc(C(F)(F)F)c(S(C)(=O)=O)cc32)CCC1. The van der Waals surface area contributed by atoms with Gasteiger partial charge in [0.25, 0.3) is 0 Å². The monoisotopic (exact) mass is 619 g/mol. The molecule has 1 fully saturated rings. The van der Waals surface area contributed by atoms with Crippen LogP contribution in [0.1, 0.15) is 89.3 Å². The summed E-state index contributed by atoms with van der Waals surface area (Å²) in [6.45, 7) is 5.38. The van der Waals surface area contributed by atoms with Crippen LogP contribution in [0.2, 0.25) is 0 Å². The van der Waals surface area contributed by atoms with Crippen molar-refractivity contribution in [3.05, 3.63) is 41.5 Å². The van der Waals surface area contributed by atoms with Crippen LogP contribution in [0.15, 0.2) is 35.2 Å². The lowest BCUT2D eigenvalue weighted by atomic mass is 9.90. The zero-order valence-corrected chi connectivity index (χ0v) is 24.8. The summed E-state index contributed by atoms with van der Waals surface area (Å²) in [7, 11) is -4.34. The zero-order chi connectivity index (χ0) is 31.3. The second-order valence-electron chi connectivity index (χ2n) is 12.2. The van der Waals surface area contributed by atoms with Crippen LogP contribution in [-0.2, 0) is 31.7 Å². The number of hydrogen-bond acceptors (Lipinski definition) is 4. The number of nitrogens with zero attached hydrogens (tertiary/aromatic N) is 1. The number of carbonyl (C=O) groups excluding carboxylic acids is 1. The number of alkyl halides is 6. The minimum atomic E-state index is -5.05. The first-order chi connectivity index (χ1) is 19.3. The average Bonchev–Trinajstić information content (AvgIpc) is 3.16. The molecule has 2 atom stereocenters. The number of ether oxygens (including phenoxy) is 1. The summed E-state index contributed by atoms with van der Waals surface area (Å²) >= 11 is 0. The van der Waals surface area contributed by atoms with Crippen LogP contribution in [-0.4, -0.2) is 30.8 Å². The molecule has 12 heteroatoms. The number of rotatable bonds is 3. The molecule has 42 heavy (non-hydrogen) atoms. The fourth-order valence-corrected chi connectivity index (χ4v) is 6.79. The van der Waals surface area contributed by atoms with Crippen LogP contribution in [0, 0.1) is 5.92 Å². The molecule has 0 N–H and O–H groups in total. The smallest absolute Gasteiger partial charge is 0.417 e. The Morgan fingerprint density at radius 2 is 1.40 bits per heavy atom. The van der Waals surface area contributed by atoms with Crippen LogP contribution >= 0.6 is 0 Å². The minimum absolute atomic E-state index is 0.0332. The predicted molar refractivity (Wildman–Crippen MR) is 148 cm³/mol. The van der Waals surface area contributed by atoms with Gasteiger partial charge in [0, 0.05) is 28.6 Å². The molecule has 0 aliphatic heterocycles. The number of esters is 1. The Kier molecular flexibility index (Phi) is 8.72. The van der Waals surface area contributed by atoms with Gasteiger partial charge in [0.05, 0.1) is 27.5 Å². The Labute approximate surface area is 241 Å². The van der Waals surface area contributed by atoms with E-state index in [1.165, 1.54) is 6.07 Å². The van der Waals surface area contributed by atoms with Crippen LogP contribution < -0.4 is 0 Å². The molecular formula is C30H35F6NO4S. The maximum atomic E-state index is 14.0. The van der Waals surface area contributed by atoms with Crippen molar-refractivity contribution in [3.63, 3.8) is 0 Å². The van der Waals surface area contributed by atoms with E-state index in [1.54, 1.807) is 25.3 Å². The lowest BCUT2D eigenvalue weighted by Gasteiger charge is -2.27. The normalized spacial score (nSPS) is 20.1. The summed E-state index contributed by atoms with van der Waals surface area (Å²) in [6, 6.07) is 4.22. The Hall–Kier alpha value is -2.76. The summed E-state index contributed by atoms with van der Waals surface area (Å²) in [5.74, 6) is -0.602. The van der Waals surface area contributed by atoms with Gasteiger partial charge < -0.3 is 9.30 Å². The molecule has 2 aromatic carbocycles. The number of sulfone groups is 1. The molecule has 1 aliphatic rings. The van der Waals surface area contributed by atoms with Crippen molar-refractivity contribution in [3.8, 4) is 0 Å². The lowest BCUT2D eigenvalue weighted by Crippen LogP contribution is -2.29. The van der Waals surface area contributed by atoms with E-state index >= 15 is 0 Å². The number of fused-ring (bicyclic) bond motifs is 3. The highest BCUT2D eigenvalue weighted by atomic mass is 32.2. The van der Waals surface area contributed by atoms with Gasteiger partial charge in [-0.2, -0.15) is 26.3 Å². The van der Waals surface area contributed by atoms with E-state index in [0.29, 0.717) is 56.4 Å². The van der Waals surface area contributed by atoms with E-state index in [0.717, 1.165) is 31.0 Å². The fraction of sp³-hybridized carbons (Fsp3) is 0.567. The van der Waals surface area contributed by atoms with Gasteiger partial charge >= 0.3 is 18.3 Å². The first-order valence-corrected chi connectivity index (χ1v) is 15.9. The molecule has 1 heterocycles. The van der Waals surface area contributed by atoms with E-state index in [4.69, 9.17) is 4.74 Å². The van der Waals surface area contributed by atoms with Crippen molar-refractivity contribution in [1.82, 2.24) is 4.57 Å². The van der Waals surface area contributed by atoms with Gasteiger partial charge in [0.15, 0.2) is 9.84 Å². The van der Waals surface area contributed by atoms with Gasteiger partial charge in [-0.1, -0.05) is 25.7 Å². The Balaban J connectivity index is 1.88. The second kappa shape index (κ2) is 11.4. The third kappa shape index (κ3) is 7.06. The zero-order valence-electron chi connectivity index (χ0n) is 24.0. The van der Waals surface area contributed by atoms with E-state index < -0.39 is 43.8 Å². The van der Waals surface area contributed by atoms with Crippen LogP contribution in [0.3, 0.4) is 0 Å². The summed E-state index contributed by atoms with van der Waals surface area (Å²) in [4.78, 5) is 11.9. The molecular weight excluding hydrogens is 584 g/mol. The third-order valence-corrected chi connectivity index (χ3v) is 8.86. The first kappa shape index (κ1) is 32.2. The first-order valence-electron chi connectivity index (χ1n) is 14.0. The van der Waals surface area contributed by atoms with Gasteiger partial charge in [0.1, 0.15) is 5.60 Å². The van der Waals surface area contributed by atoms with Gasteiger partial charge in [-0.25, -0.2) is 8.42 Å². The minimum Gasteiger partial charge on any atom is -0.460 e. The molecule has 0 spiro atoms. The molecule has 1 aliphatic carbocycles. The molecule has 0 radical (unpaired) electrons. The lowest BCUT2D eigenvalue weighted by molar-refractivity contribution is -0.160. The Morgan fingerprint density at radius 1 is 0.810 bits per heavy atom. The maximum absolute atomic E-state index is 14.0. The highest BCUT2D eigenvalue weighted by molar-refractivity contribution is 7.90. The highest BCUT2D eigenvalue weighted by Gasteiger charge is 2.38. The number of aromatic nitrogens is 1. The van der Waals surface area contributed by atoms with E-state index in [-0.39, 0.29) is 34.2 Å². The van der Waals surface area contributed by atoms with E-state index in [2.05, 4.69) is 0 Å². The molecule has 1 aromatic heterocycles. The summed E-state index contributed by atoms with van der Waals surface area (Å²) in [5.41, 5.74) is -2.65. The Morgan fingerprint density at radius 3 is 2.00 bits per heavy atom. The van der Waals surface area contributed by atoms with Gasteiger partial charge in [-0.05, 0) is 76.8 Å². The summed E-state index contributed by atoms with van der Waals surface area (Å²) in [5, 5.41) is -0.131.